The third kappa shape index (κ3) is 4.04. The fourth-order valence-electron chi connectivity index (χ4n) is 4.49. The highest BCUT2D eigenvalue weighted by Crippen LogP contribution is 2.34. The minimum Gasteiger partial charge on any atom is -0.467 e. The number of aromatic nitrogens is 1. The molecule has 7 heteroatoms. The fraction of sp³-hybridized carbons (Fsp3) is 0.409. The van der Waals surface area contributed by atoms with E-state index >= 15 is 0 Å². The van der Waals surface area contributed by atoms with Crippen molar-refractivity contribution in [1.29, 1.82) is 0 Å². The van der Waals surface area contributed by atoms with Crippen molar-refractivity contribution in [2.75, 3.05) is 20.2 Å². The van der Waals surface area contributed by atoms with Gasteiger partial charge in [-0.2, -0.15) is 0 Å². The average molecular weight is 395 g/mol. The first-order valence-electron chi connectivity index (χ1n) is 9.92. The normalized spacial score (nSPS) is 21.1. The molecular formula is C22H25N3O4. The summed E-state index contributed by atoms with van der Waals surface area (Å²) in [5, 5.41) is 2.85. The maximum atomic E-state index is 13.0. The summed E-state index contributed by atoms with van der Waals surface area (Å²) >= 11 is 0. The van der Waals surface area contributed by atoms with Crippen LogP contribution in [-0.2, 0) is 22.5 Å². The molecule has 2 aliphatic rings. The molecule has 1 aromatic heterocycles. The molecular weight excluding hydrogens is 370 g/mol. The number of nitrogens with zero attached hydrogens (tertiary/aromatic N) is 2. The minimum atomic E-state index is -0.744. The molecule has 0 spiro atoms. The largest absolute Gasteiger partial charge is 0.467 e. The Bertz CT molecular complexity index is 956. The van der Waals surface area contributed by atoms with Gasteiger partial charge in [0.15, 0.2) is 0 Å². The second kappa shape index (κ2) is 8.11. The van der Waals surface area contributed by atoms with Crippen LogP contribution < -0.4 is 10.9 Å². The number of pyridine rings is 1. The van der Waals surface area contributed by atoms with Crippen molar-refractivity contribution < 1.29 is 14.3 Å². The molecule has 2 aromatic rings. The highest BCUT2D eigenvalue weighted by atomic mass is 16.5. The van der Waals surface area contributed by atoms with Crippen LogP contribution in [0.5, 0.6) is 0 Å². The molecule has 1 unspecified atom stereocenters. The summed E-state index contributed by atoms with van der Waals surface area (Å²) in [6, 6.07) is 13.9. The second-order valence-electron chi connectivity index (χ2n) is 7.82. The molecule has 2 amide bonds. The molecule has 7 nitrogen and oxygen atoms in total. The number of urea groups is 1. The molecule has 0 aliphatic carbocycles. The zero-order chi connectivity index (χ0) is 20.4. The fourth-order valence-corrected chi connectivity index (χ4v) is 4.49. The Labute approximate surface area is 169 Å². The number of likely N-dealkylation sites (tertiary alicyclic amines) is 1. The van der Waals surface area contributed by atoms with Gasteiger partial charge in [-0.25, -0.2) is 9.59 Å². The smallest absolute Gasteiger partial charge is 0.328 e. The van der Waals surface area contributed by atoms with Crippen molar-refractivity contribution >= 4 is 12.0 Å². The zero-order valence-corrected chi connectivity index (χ0v) is 16.4. The molecule has 4 rings (SSSR count). The van der Waals surface area contributed by atoms with Gasteiger partial charge in [0, 0.05) is 43.7 Å². The molecule has 1 fully saturated rings. The number of methoxy groups -OCH3 is 1. The summed E-state index contributed by atoms with van der Waals surface area (Å²) in [5.41, 5.74) is 1.95. The third-order valence-electron chi connectivity index (χ3n) is 5.83. The SMILES string of the molecule is COC(=O)C(Cc1ccccc1)NC(=O)N1C[C@H]2C[C@@H](C1)c1cccc(=O)n1C2. The van der Waals surface area contributed by atoms with E-state index in [0.717, 1.165) is 17.7 Å². The van der Waals surface area contributed by atoms with Gasteiger partial charge in [-0.3, -0.25) is 4.79 Å². The number of fused-ring (bicyclic) bond motifs is 4. The maximum Gasteiger partial charge on any atom is 0.328 e. The number of hydrogen-bond acceptors (Lipinski definition) is 4. The molecule has 2 bridgehead atoms. The lowest BCUT2D eigenvalue weighted by Gasteiger charge is -2.42. The number of carbonyl (C=O) groups excluding carboxylic acids is 2. The van der Waals surface area contributed by atoms with E-state index in [1.807, 2.05) is 41.0 Å². The average Bonchev–Trinajstić information content (AvgIpc) is 2.74. The van der Waals surface area contributed by atoms with Crippen molar-refractivity contribution in [3.63, 3.8) is 0 Å². The standard InChI is InChI=1S/C22H25N3O4/c1-29-21(27)18(11-15-6-3-2-4-7-15)23-22(28)24-12-16-10-17(14-24)19-8-5-9-20(26)25(19)13-16/h2-9,16-18H,10-14H2,1H3,(H,23,28)/t16-,17+,18?/m1/s1. The van der Waals surface area contributed by atoms with Gasteiger partial charge >= 0.3 is 12.0 Å². The highest BCUT2D eigenvalue weighted by molar-refractivity contribution is 5.84. The molecule has 1 N–H and O–H groups in total. The van der Waals surface area contributed by atoms with Crippen LogP contribution in [0.1, 0.15) is 23.6 Å². The van der Waals surface area contributed by atoms with E-state index in [2.05, 4.69) is 5.32 Å². The summed E-state index contributed by atoms with van der Waals surface area (Å²) in [7, 11) is 1.33. The van der Waals surface area contributed by atoms with Crippen LogP contribution in [0.2, 0.25) is 0 Å². The lowest BCUT2D eigenvalue weighted by atomic mass is 9.83. The Morgan fingerprint density at radius 3 is 2.66 bits per heavy atom. The van der Waals surface area contributed by atoms with Crippen molar-refractivity contribution in [2.45, 2.75) is 31.3 Å². The number of piperidine rings is 1. The van der Waals surface area contributed by atoms with E-state index in [0.29, 0.717) is 26.1 Å². The molecule has 2 aliphatic heterocycles. The molecule has 3 heterocycles. The van der Waals surface area contributed by atoms with Gasteiger partial charge < -0.3 is 19.5 Å². The topological polar surface area (TPSA) is 80.6 Å². The van der Waals surface area contributed by atoms with Gasteiger partial charge in [-0.15, -0.1) is 0 Å². The van der Waals surface area contributed by atoms with E-state index in [1.165, 1.54) is 7.11 Å². The quantitative estimate of drug-likeness (QED) is 0.800. The Balaban J connectivity index is 1.48. The number of hydrogen-bond donors (Lipinski definition) is 1. The minimum absolute atomic E-state index is 0.0173. The van der Waals surface area contributed by atoms with Crippen molar-refractivity contribution in [2.24, 2.45) is 5.92 Å². The Hall–Kier alpha value is -3.09. The summed E-state index contributed by atoms with van der Waals surface area (Å²) < 4.78 is 6.73. The molecule has 152 valence electrons. The monoisotopic (exact) mass is 395 g/mol. The van der Waals surface area contributed by atoms with Gasteiger partial charge in [0.1, 0.15) is 6.04 Å². The Morgan fingerprint density at radius 2 is 1.90 bits per heavy atom. The Morgan fingerprint density at radius 1 is 1.10 bits per heavy atom. The lowest BCUT2D eigenvalue weighted by Crippen LogP contribution is -2.55. The molecule has 1 aromatic carbocycles. The molecule has 0 saturated carbocycles. The van der Waals surface area contributed by atoms with E-state index < -0.39 is 12.0 Å². The van der Waals surface area contributed by atoms with Crippen LogP contribution in [0.3, 0.4) is 0 Å². The first kappa shape index (κ1) is 19.2. The number of ether oxygens (including phenoxy) is 1. The lowest BCUT2D eigenvalue weighted by molar-refractivity contribution is -0.142. The van der Waals surface area contributed by atoms with Crippen LogP contribution in [-0.4, -0.2) is 47.7 Å². The summed E-state index contributed by atoms with van der Waals surface area (Å²) in [6.45, 7) is 1.73. The van der Waals surface area contributed by atoms with Crippen LogP contribution in [0, 0.1) is 5.92 Å². The van der Waals surface area contributed by atoms with Gasteiger partial charge in [0.2, 0.25) is 0 Å². The number of carbonyl (C=O) groups is 2. The van der Waals surface area contributed by atoms with E-state index in [1.54, 1.807) is 17.0 Å². The molecule has 3 atom stereocenters. The van der Waals surface area contributed by atoms with Crippen molar-refractivity contribution in [3.8, 4) is 0 Å². The second-order valence-corrected chi connectivity index (χ2v) is 7.82. The number of esters is 1. The van der Waals surface area contributed by atoms with Crippen molar-refractivity contribution in [1.82, 2.24) is 14.8 Å². The number of benzene rings is 1. The number of nitrogens with one attached hydrogen (secondary N) is 1. The Kier molecular flexibility index (Phi) is 5.38. The maximum absolute atomic E-state index is 13.0. The van der Waals surface area contributed by atoms with Crippen LogP contribution in [0.4, 0.5) is 4.79 Å². The summed E-state index contributed by atoms with van der Waals surface area (Å²) in [4.78, 5) is 39.1. The summed E-state index contributed by atoms with van der Waals surface area (Å²) in [6.07, 6.45) is 1.34. The predicted molar refractivity (Wildman–Crippen MR) is 108 cm³/mol. The first-order chi connectivity index (χ1) is 14.0. The van der Waals surface area contributed by atoms with E-state index in [4.69, 9.17) is 4.74 Å². The predicted octanol–water partition coefficient (Wildman–Crippen LogP) is 1.76. The van der Waals surface area contributed by atoms with E-state index in [9.17, 15) is 14.4 Å². The van der Waals surface area contributed by atoms with Crippen LogP contribution in [0.25, 0.3) is 0 Å². The zero-order valence-electron chi connectivity index (χ0n) is 16.4. The van der Waals surface area contributed by atoms with Gasteiger partial charge in [0.05, 0.1) is 7.11 Å². The summed E-state index contributed by atoms with van der Waals surface area (Å²) in [5.74, 6) is -0.0954. The number of rotatable bonds is 4. The van der Waals surface area contributed by atoms with Crippen LogP contribution >= 0.6 is 0 Å². The van der Waals surface area contributed by atoms with Gasteiger partial charge in [-0.05, 0) is 24.0 Å². The molecule has 1 saturated heterocycles. The molecule has 29 heavy (non-hydrogen) atoms. The first-order valence-corrected chi connectivity index (χ1v) is 9.92. The van der Waals surface area contributed by atoms with E-state index in [-0.39, 0.29) is 23.4 Å². The van der Waals surface area contributed by atoms with Gasteiger partial charge in [0.25, 0.3) is 5.56 Å². The number of amides is 2. The highest BCUT2D eigenvalue weighted by Gasteiger charge is 2.37. The van der Waals surface area contributed by atoms with Crippen molar-refractivity contribution in [3.05, 3.63) is 70.1 Å². The van der Waals surface area contributed by atoms with Gasteiger partial charge in [-0.1, -0.05) is 36.4 Å². The van der Waals surface area contributed by atoms with Crippen LogP contribution in [0.15, 0.2) is 53.3 Å². The molecule has 0 radical (unpaired) electrons. The third-order valence-corrected chi connectivity index (χ3v) is 5.83.